The van der Waals surface area contributed by atoms with Gasteiger partial charge < -0.3 is 24.6 Å². The molecular formula is C12H12N4O4. The molecule has 104 valence electrons. The summed E-state index contributed by atoms with van der Waals surface area (Å²) in [5, 5.41) is 38.5. The molecule has 4 unspecified atom stereocenters. The average molecular weight is 276 g/mol. The van der Waals surface area contributed by atoms with Crippen LogP contribution in [0.2, 0.25) is 0 Å². The summed E-state index contributed by atoms with van der Waals surface area (Å²) >= 11 is 0. The van der Waals surface area contributed by atoms with Crippen molar-refractivity contribution in [2.45, 2.75) is 24.5 Å². The van der Waals surface area contributed by atoms with E-state index in [1.54, 1.807) is 0 Å². The summed E-state index contributed by atoms with van der Waals surface area (Å²) in [6, 6.07) is 2.02. The summed E-state index contributed by atoms with van der Waals surface area (Å²) in [5.74, 6) is 0. The van der Waals surface area contributed by atoms with Gasteiger partial charge in [0, 0.05) is 12.4 Å². The summed E-state index contributed by atoms with van der Waals surface area (Å²) < 4.78 is 6.90. The molecule has 0 saturated carbocycles. The fraction of sp³-hybridized carbons (Fsp3) is 0.417. The molecule has 1 aliphatic rings. The first-order valence-corrected chi connectivity index (χ1v) is 6.00. The predicted octanol–water partition coefficient (Wildman–Crippen LogP) is -1.09. The quantitative estimate of drug-likeness (QED) is 0.636. The van der Waals surface area contributed by atoms with Crippen LogP contribution in [0.1, 0.15) is 11.8 Å². The van der Waals surface area contributed by atoms with E-state index in [4.69, 9.17) is 15.1 Å². The van der Waals surface area contributed by atoms with Crippen molar-refractivity contribution in [1.82, 2.24) is 14.5 Å². The second kappa shape index (κ2) is 4.81. The fourth-order valence-corrected chi connectivity index (χ4v) is 2.38. The molecule has 3 N–H and O–H groups in total. The molecule has 8 nitrogen and oxygen atoms in total. The normalized spacial score (nSPS) is 29.7. The molecule has 0 spiro atoms. The zero-order valence-corrected chi connectivity index (χ0v) is 10.3. The van der Waals surface area contributed by atoms with Crippen molar-refractivity contribution in [2.75, 3.05) is 6.61 Å². The Balaban J connectivity index is 2.10. The van der Waals surface area contributed by atoms with Gasteiger partial charge in [-0.1, -0.05) is 0 Å². The number of nitrogens with zero attached hydrogens (tertiary/aromatic N) is 4. The number of aliphatic hydroxyl groups excluding tert-OH is 3. The van der Waals surface area contributed by atoms with Gasteiger partial charge in [-0.3, -0.25) is 0 Å². The van der Waals surface area contributed by atoms with E-state index in [1.165, 1.54) is 23.3 Å². The topological polar surface area (TPSA) is 124 Å². The summed E-state index contributed by atoms with van der Waals surface area (Å²) in [4.78, 5) is 7.93. The number of hydrogen-bond acceptors (Lipinski definition) is 7. The molecule has 20 heavy (non-hydrogen) atoms. The molecule has 2 aromatic heterocycles. The van der Waals surface area contributed by atoms with Gasteiger partial charge in [0.2, 0.25) is 0 Å². The van der Waals surface area contributed by atoms with Crippen LogP contribution in [-0.2, 0) is 4.74 Å². The maximum absolute atomic E-state index is 10.0. The molecule has 0 bridgehead atoms. The largest absolute Gasteiger partial charge is 0.394 e. The second-order valence-corrected chi connectivity index (χ2v) is 4.55. The summed E-state index contributed by atoms with van der Waals surface area (Å²) in [6.45, 7) is -0.409. The Kier molecular flexibility index (Phi) is 3.11. The van der Waals surface area contributed by atoms with Crippen molar-refractivity contribution in [3.8, 4) is 6.07 Å². The minimum Gasteiger partial charge on any atom is -0.394 e. The van der Waals surface area contributed by atoms with Crippen LogP contribution in [0, 0.1) is 11.3 Å². The Labute approximate surface area is 113 Å². The Morgan fingerprint density at radius 1 is 1.40 bits per heavy atom. The van der Waals surface area contributed by atoms with Gasteiger partial charge in [0.15, 0.2) is 6.23 Å². The SMILES string of the molecule is N#Cc1cn(C2OC(CO)C(O)C2O)c2ncncc12. The highest BCUT2D eigenvalue weighted by Gasteiger charge is 2.43. The minimum atomic E-state index is -1.22. The van der Waals surface area contributed by atoms with Crippen LogP contribution in [0.3, 0.4) is 0 Å². The van der Waals surface area contributed by atoms with E-state index >= 15 is 0 Å². The highest BCUT2D eigenvalue weighted by Crippen LogP contribution is 2.32. The molecule has 1 saturated heterocycles. The molecule has 1 fully saturated rings. The fourth-order valence-electron chi connectivity index (χ4n) is 2.38. The van der Waals surface area contributed by atoms with E-state index in [-0.39, 0.29) is 0 Å². The van der Waals surface area contributed by atoms with Gasteiger partial charge in [0.1, 0.15) is 36.4 Å². The molecule has 8 heteroatoms. The lowest BCUT2D eigenvalue weighted by Crippen LogP contribution is -2.33. The van der Waals surface area contributed by atoms with E-state index in [0.29, 0.717) is 16.6 Å². The van der Waals surface area contributed by atoms with Crippen molar-refractivity contribution in [3.63, 3.8) is 0 Å². The molecule has 0 amide bonds. The van der Waals surface area contributed by atoms with Gasteiger partial charge in [0.25, 0.3) is 0 Å². The van der Waals surface area contributed by atoms with Crippen LogP contribution in [0.4, 0.5) is 0 Å². The van der Waals surface area contributed by atoms with E-state index in [1.807, 2.05) is 6.07 Å². The molecule has 2 aromatic rings. The maximum Gasteiger partial charge on any atom is 0.164 e. The number of aliphatic hydroxyl groups is 3. The predicted molar refractivity (Wildman–Crippen MR) is 65.3 cm³/mol. The first-order chi connectivity index (χ1) is 9.67. The molecule has 4 atom stereocenters. The molecule has 3 rings (SSSR count). The third kappa shape index (κ3) is 1.76. The smallest absolute Gasteiger partial charge is 0.164 e. The number of rotatable bonds is 2. The van der Waals surface area contributed by atoms with Gasteiger partial charge in [-0.2, -0.15) is 5.26 Å². The van der Waals surface area contributed by atoms with Crippen LogP contribution >= 0.6 is 0 Å². The molecule has 1 aliphatic heterocycles. The lowest BCUT2D eigenvalue weighted by molar-refractivity contribution is -0.0508. The number of aromatic nitrogens is 3. The van der Waals surface area contributed by atoms with Gasteiger partial charge in [0.05, 0.1) is 17.6 Å². The van der Waals surface area contributed by atoms with Gasteiger partial charge in [-0.05, 0) is 0 Å². The molecule has 0 aromatic carbocycles. The summed E-state index contributed by atoms with van der Waals surface area (Å²) in [6.07, 6.45) is 0.0974. The Bertz CT molecular complexity index is 680. The van der Waals surface area contributed by atoms with E-state index < -0.39 is 31.1 Å². The van der Waals surface area contributed by atoms with Crippen LogP contribution < -0.4 is 0 Å². The number of hydrogen-bond donors (Lipinski definition) is 3. The Morgan fingerprint density at radius 2 is 2.20 bits per heavy atom. The minimum absolute atomic E-state index is 0.346. The van der Waals surface area contributed by atoms with Crippen molar-refractivity contribution < 1.29 is 20.1 Å². The van der Waals surface area contributed by atoms with Crippen LogP contribution in [0.25, 0.3) is 11.0 Å². The van der Waals surface area contributed by atoms with Gasteiger partial charge in [-0.15, -0.1) is 0 Å². The summed E-state index contributed by atoms with van der Waals surface area (Å²) in [7, 11) is 0. The van der Waals surface area contributed by atoms with Gasteiger partial charge in [-0.25, -0.2) is 9.97 Å². The molecule has 3 heterocycles. The standard InChI is InChI=1S/C12H12N4O4/c13-1-6-3-16(11-7(6)2-14-5-15-11)12-10(19)9(18)8(4-17)20-12/h2-3,5,8-10,12,17-19H,4H2. The molecular weight excluding hydrogens is 264 g/mol. The number of fused-ring (bicyclic) bond motifs is 1. The van der Waals surface area contributed by atoms with Crippen molar-refractivity contribution >= 4 is 11.0 Å². The third-order valence-corrected chi connectivity index (χ3v) is 3.41. The zero-order valence-electron chi connectivity index (χ0n) is 10.3. The lowest BCUT2D eigenvalue weighted by atomic mass is 10.1. The number of nitriles is 1. The van der Waals surface area contributed by atoms with Crippen LogP contribution in [0.15, 0.2) is 18.7 Å². The van der Waals surface area contributed by atoms with Crippen LogP contribution in [-0.4, -0.2) is 54.8 Å². The second-order valence-electron chi connectivity index (χ2n) is 4.55. The van der Waals surface area contributed by atoms with Crippen molar-refractivity contribution in [1.29, 1.82) is 5.26 Å². The van der Waals surface area contributed by atoms with E-state index in [0.717, 1.165) is 0 Å². The molecule has 0 radical (unpaired) electrons. The Morgan fingerprint density at radius 3 is 2.85 bits per heavy atom. The van der Waals surface area contributed by atoms with Crippen molar-refractivity contribution in [3.05, 3.63) is 24.3 Å². The monoisotopic (exact) mass is 276 g/mol. The maximum atomic E-state index is 10.0. The van der Waals surface area contributed by atoms with Crippen LogP contribution in [0.5, 0.6) is 0 Å². The first-order valence-electron chi connectivity index (χ1n) is 6.00. The third-order valence-electron chi connectivity index (χ3n) is 3.41. The van der Waals surface area contributed by atoms with Crippen molar-refractivity contribution in [2.24, 2.45) is 0 Å². The van der Waals surface area contributed by atoms with E-state index in [9.17, 15) is 10.2 Å². The van der Waals surface area contributed by atoms with E-state index in [2.05, 4.69) is 9.97 Å². The average Bonchev–Trinajstić information content (AvgIpc) is 2.98. The first kappa shape index (κ1) is 13.0. The Hall–Kier alpha value is -2.05. The number of ether oxygens (including phenoxy) is 1. The molecule has 0 aliphatic carbocycles. The highest BCUT2D eigenvalue weighted by atomic mass is 16.6. The van der Waals surface area contributed by atoms with Gasteiger partial charge >= 0.3 is 0 Å². The zero-order chi connectivity index (χ0) is 14.3. The summed E-state index contributed by atoms with van der Waals surface area (Å²) in [5.41, 5.74) is 0.768. The lowest BCUT2D eigenvalue weighted by Gasteiger charge is -2.16. The highest BCUT2D eigenvalue weighted by molar-refractivity contribution is 5.82.